The number of hydrogen-bond donors (Lipinski definition) is 1. The fourth-order valence-electron chi connectivity index (χ4n) is 4.06. The average molecular weight is 407 g/mol. The molecule has 0 saturated carbocycles. The number of carbonyl (C=O) groups is 2. The van der Waals surface area contributed by atoms with Gasteiger partial charge in [-0.25, -0.2) is 4.99 Å². The van der Waals surface area contributed by atoms with Gasteiger partial charge in [0.25, 0.3) is 11.8 Å². The van der Waals surface area contributed by atoms with E-state index in [0.29, 0.717) is 29.7 Å². The van der Waals surface area contributed by atoms with Gasteiger partial charge in [-0.15, -0.1) is 0 Å². The van der Waals surface area contributed by atoms with Gasteiger partial charge < -0.3 is 9.30 Å². The number of imide groups is 1. The summed E-state index contributed by atoms with van der Waals surface area (Å²) in [6, 6.07) is 15.4. The first kappa shape index (κ1) is 17.7. The van der Waals surface area contributed by atoms with Crippen molar-refractivity contribution in [2.24, 2.45) is 4.99 Å². The topological polar surface area (TPSA) is 72.7 Å². The maximum Gasteiger partial charge on any atom is 0.259 e. The predicted molar refractivity (Wildman–Crippen MR) is 117 cm³/mol. The van der Waals surface area contributed by atoms with E-state index in [0.717, 1.165) is 32.9 Å². The van der Waals surface area contributed by atoms with E-state index in [4.69, 9.17) is 9.73 Å². The summed E-state index contributed by atoms with van der Waals surface area (Å²) in [7, 11) is 0. The lowest BCUT2D eigenvalue weighted by molar-refractivity contribution is -0.123. The molecule has 3 aliphatic rings. The van der Waals surface area contributed by atoms with E-state index in [1.807, 2.05) is 71.6 Å². The highest BCUT2D eigenvalue weighted by Crippen LogP contribution is 2.34. The van der Waals surface area contributed by atoms with Crippen LogP contribution in [-0.4, -0.2) is 23.0 Å². The maximum atomic E-state index is 12.8. The molecule has 0 spiro atoms. The largest absolute Gasteiger partial charge is 0.491 e. The van der Waals surface area contributed by atoms with Crippen LogP contribution in [0.3, 0.4) is 0 Å². The van der Waals surface area contributed by atoms with Crippen molar-refractivity contribution in [3.8, 4) is 0 Å². The first-order valence-corrected chi connectivity index (χ1v) is 10.1. The third kappa shape index (κ3) is 2.92. The summed E-state index contributed by atoms with van der Waals surface area (Å²) >= 11 is 0. The molecule has 0 atom stereocenters. The molecule has 6 heteroatoms. The van der Waals surface area contributed by atoms with Crippen LogP contribution in [0.4, 0.5) is 0 Å². The minimum atomic E-state index is -0.402. The van der Waals surface area contributed by atoms with Gasteiger partial charge in [-0.1, -0.05) is 36.4 Å². The molecule has 0 unspecified atom stereocenters. The zero-order valence-electron chi connectivity index (χ0n) is 16.5. The van der Waals surface area contributed by atoms with Crippen LogP contribution < -0.4 is 15.9 Å². The van der Waals surface area contributed by atoms with Crippen LogP contribution in [0.15, 0.2) is 82.8 Å². The van der Waals surface area contributed by atoms with Crippen molar-refractivity contribution in [1.82, 2.24) is 9.88 Å². The van der Waals surface area contributed by atoms with Crippen LogP contribution in [0.1, 0.15) is 12.0 Å². The summed E-state index contributed by atoms with van der Waals surface area (Å²) in [5.74, 6) is 0.0830. The second-order valence-electron chi connectivity index (χ2n) is 7.60. The highest BCUT2D eigenvalue weighted by molar-refractivity contribution is 6.40. The Hall–Kier alpha value is -4.19. The normalized spacial score (nSPS) is 19.7. The minimum Gasteiger partial charge on any atom is -0.491 e. The summed E-state index contributed by atoms with van der Waals surface area (Å²) in [5, 5.41) is 4.87. The zero-order valence-corrected chi connectivity index (χ0v) is 16.5. The zero-order chi connectivity index (χ0) is 20.9. The lowest BCUT2D eigenvalue weighted by Gasteiger charge is -2.00. The van der Waals surface area contributed by atoms with Crippen LogP contribution >= 0.6 is 0 Å². The van der Waals surface area contributed by atoms with Crippen molar-refractivity contribution in [1.29, 1.82) is 0 Å². The summed E-state index contributed by atoms with van der Waals surface area (Å²) in [4.78, 5) is 30.3. The molecule has 2 aliphatic heterocycles. The Kier molecular flexibility index (Phi) is 3.80. The number of aromatic nitrogens is 1. The monoisotopic (exact) mass is 407 g/mol. The van der Waals surface area contributed by atoms with Crippen LogP contribution in [0, 0.1) is 0 Å². The molecule has 1 N–H and O–H groups in total. The van der Waals surface area contributed by atoms with E-state index in [1.165, 1.54) is 0 Å². The number of rotatable bonds is 0. The molecular formula is C25H17N3O3. The Labute approximate surface area is 177 Å². The third-order valence-electron chi connectivity index (χ3n) is 5.61. The number of nitrogens with zero attached hydrogens (tertiary/aromatic N) is 2. The van der Waals surface area contributed by atoms with Crippen LogP contribution in [0.5, 0.6) is 0 Å². The molecular weight excluding hydrogens is 390 g/mol. The number of amides is 2. The van der Waals surface area contributed by atoms with Gasteiger partial charge in [-0.2, -0.15) is 0 Å². The van der Waals surface area contributed by atoms with E-state index < -0.39 is 11.8 Å². The number of nitrogens with one attached hydrogen (secondary N) is 1. The summed E-state index contributed by atoms with van der Waals surface area (Å²) in [6.07, 6.45) is 8.19. The second-order valence-corrected chi connectivity index (χ2v) is 7.60. The van der Waals surface area contributed by atoms with Crippen molar-refractivity contribution in [3.05, 3.63) is 94.0 Å². The van der Waals surface area contributed by atoms with E-state index >= 15 is 0 Å². The highest BCUT2D eigenvalue weighted by Gasteiger charge is 2.31. The molecule has 0 saturated heterocycles. The summed E-state index contributed by atoms with van der Waals surface area (Å²) in [6.45, 7) is 0.427. The fraction of sp³-hybridized carbons (Fsp3) is 0.0800. The average Bonchev–Trinajstić information content (AvgIpc) is 3.32. The molecule has 2 aromatic carbocycles. The van der Waals surface area contributed by atoms with Crippen molar-refractivity contribution >= 4 is 40.6 Å². The number of hydrogen-bond acceptors (Lipinski definition) is 4. The highest BCUT2D eigenvalue weighted by atomic mass is 16.5. The van der Waals surface area contributed by atoms with Gasteiger partial charge in [0.1, 0.15) is 12.4 Å². The molecule has 0 radical (unpaired) electrons. The Balaban J connectivity index is 1.71. The molecule has 150 valence electrons. The molecule has 3 heterocycles. The molecule has 2 amide bonds. The first-order chi connectivity index (χ1) is 15.2. The molecule has 31 heavy (non-hydrogen) atoms. The lowest BCUT2D eigenvalue weighted by atomic mass is 10.00. The molecule has 6 rings (SSSR count). The SMILES string of the molecule is O=C1NC(=O)C2=C1/C=c1\ccccc1=NC1=C(C1)OC/C=C/n1cc2c2ccccc21. The number of para-hydroxylation sites is 2. The van der Waals surface area contributed by atoms with Gasteiger partial charge in [0.2, 0.25) is 0 Å². The summed E-state index contributed by atoms with van der Waals surface area (Å²) < 4.78 is 7.78. The molecule has 0 fully saturated rings. The molecule has 1 aromatic heterocycles. The second kappa shape index (κ2) is 6.67. The van der Waals surface area contributed by atoms with Gasteiger partial charge in [0, 0.05) is 28.6 Å². The Morgan fingerprint density at radius 3 is 2.77 bits per heavy atom. The Morgan fingerprint density at radius 2 is 1.84 bits per heavy atom. The van der Waals surface area contributed by atoms with Crippen LogP contribution in [-0.2, 0) is 14.3 Å². The van der Waals surface area contributed by atoms with Crippen LogP contribution in [0.2, 0.25) is 0 Å². The van der Waals surface area contributed by atoms with Gasteiger partial charge >= 0.3 is 0 Å². The number of fused-ring (bicyclic) bond motifs is 7. The van der Waals surface area contributed by atoms with Gasteiger partial charge in [0.05, 0.1) is 34.1 Å². The van der Waals surface area contributed by atoms with Gasteiger partial charge in [-0.05, 0) is 24.3 Å². The quantitative estimate of drug-likeness (QED) is 0.581. The number of allylic oxidation sites excluding steroid dienone is 2. The van der Waals surface area contributed by atoms with E-state index in [9.17, 15) is 9.59 Å². The molecule has 1 aliphatic carbocycles. The smallest absolute Gasteiger partial charge is 0.259 e. The number of carbonyl (C=O) groups excluding carboxylic acids is 2. The fourth-order valence-corrected chi connectivity index (χ4v) is 4.06. The molecule has 3 aromatic rings. The van der Waals surface area contributed by atoms with Crippen molar-refractivity contribution in [2.45, 2.75) is 6.42 Å². The maximum absolute atomic E-state index is 12.8. The number of ether oxygens (including phenoxy) is 1. The van der Waals surface area contributed by atoms with Crippen molar-refractivity contribution in [3.63, 3.8) is 0 Å². The lowest BCUT2D eigenvalue weighted by Crippen LogP contribution is -2.26. The molecule has 2 bridgehead atoms. The van der Waals surface area contributed by atoms with Gasteiger partial charge in [0.15, 0.2) is 0 Å². The third-order valence-corrected chi connectivity index (χ3v) is 5.61. The Morgan fingerprint density at radius 1 is 1.00 bits per heavy atom. The van der Waals surface area contributed by atoms with Gasteiger partial charge in [-0.3, -0.25) is 14.9 Å². The summed E-state index contributed by atoms with van der Waals surface area (Å²) in [5.41, 5.74) is 3.28. The van der Waals surface area contributed by atoms with E-state index in [-0.39, 0.29) is 0 Å². The predicted octanol–water partition coefficient (Wildman–Crippen LogP) is 2.27. The number of benzene rings is 2. The first-order valence-electron chi connectivity index (χ1n) is 10.1. The molecule has 6 nitrogen and oxygen atoms in total. The standard InChI is InChI=1S/C25H17N3O3/c29-24-17-12-15-6-1-3-8-19(15)26-20-13-22(20)31-11-5-10-28-14-18(23(17)25(30)27-24)16-7-2-4-9-21(16)28/h1-10,12,14H,11,13H2,(H,27,29,30)/b10-5+,15-12+,26-19?. The van der Waals surface area contributed by atoms with Crippen molar-refractivity contribution in [2.75, 3.05) is 6.61 Å². The Bertz CT molecular complexity index is 1520. The van der Waals surface area contributed by atoms with Crippen LogP contribution in [0.25, 0.3) is 28.8 Å². The van der Waals surface area contributed by atoms with E-state index in [1.54, 1.807) is 6.08 Å². The van der Waals surface area contributed by atoms with Crippen molar-refractivity contribution < 1.29 is 14.3 Å². The minimum absolute atomic E-state index is 0.343. The van der Waals surface area contributed by atoms with E-state index in [2.05, 4.69) is 5.32 Å².